The summed E-state index contributed by atoms with van der Waals surface area (Å²) in [5.41, 5.74) is 2.66. The lowest BCUT2D eigenvalue weighted by atomic mass is 10.2. The fourth-order valence-corrected chi connectivity index (χ4v) is 3.50. The Morgan fingerprint density at radius 1 is 1.03 bits per heavy atom. The number of ether oxygens (including phenoxy) is 2. The van der Waals surface area contributed by atoms with Crippen molar-refractivity contribution in [3.8, 4) is 11.5 Å². The van der Waals surface area contributed by atoms with Gasteiger partial charge in [0.1, 0.15) is 16.5 Å². The largest absolute Gasteiger partial charge is 0.497 e. The fourth-order valence-electron chi connectivity index (χ4n) is 2.77. The van der Waals surface area contributed by atoms with Gasteiger partial charge < -0.3 is 20.1 Å². The second-order valence-electron chi connectivity index (χ2n) is 6.78. The quantitative estimate of drug-likeness (QED) is 0.529. The molecule has 31 heavy (non-hydrogen) atoms. The van der Waals surface area contributed by atoms with Gasteiger partial charge in [-0.15, -0.1) is 10.2 Å². The van der Waals surface area contributed by atoms with Crippen molar-refractivity contribution < 1.29 is 19.1 Å². The summed E-state index contributed by atoms with van der Waals surface area (Å²) >= 11 is 1.18. The third kappa shape index (κ3) is 6.26. The Morgan fingerprint density at radius 3 is 2.52 bits per heavy atom. The van der Waals surface area contributed by atoms with Crippen molar-refractivity contribution >= 4 is 28.8 Å². The molecule has 0 aliphatic rings. The Balaban J connectivity index is 1.48. The SMILES string of the molecule is COc1ccc(CNC(=O)CCc2nnc(C(=O)Nc3ccc(C)cc3)s2)c(OC)c1. The van der Waals surface area contributed by atoms with Gasteiger partial charge in [-0.3, -0.25) is 9.59 Å². The van der Waals surface area contributed by atoms with Gasteiger partial charge in [0.2, 0.25) is 10.9 Å². The van der Waals surface area contributed by atoms with E-state index >= 15 is 0 Å². The number of hydrogen-bond donors (Lipinski definition) is 2. The van der Waals surface area contributed by atoms with Gasteiger partial charge in [-0.25, -0.2) is 0 Å². The number of anilines is 1. The van der Waals surface area contributed by atoms with Gasteiger partial charge in [-0.1, -0.05) is 29.0 Å². The normalized spacial score (nSPS) is 10.4. The van der Waals surface area contributed by atoms with E-state index in [-0.39, 0.29) is 23.2 Å². The van der Waals surface area contributed by atoms with Crippen molar-refractivity contribution in [2.24, 2.45) is 0 Å². The van der Waals surface area contributed by atoms with Crippen LogP contribution in [-0.2, 0) is 17.8 Å². The summed E-state index contributed by atoms with van der Waals surface area (Å²) in [6.45, 7) is 2.32. The molecule has 0 saturated carbocycles. The third-order valence-electron chi connectivity index (χ3n) is 4.51. The second kappa shape index (κ2) is 10.5. The summed E-state index contributed by atoms with van der Waals surface area (Å²) < 4.78 is 10.5. The molecular formula is C22H24N4O4S. The first kappa shape index (κ1) is 22.2. The molecule has 9 heteroatoms. The van der Waals surface area contributed by atoms with Crippen LogP contribution in [0.3, 0.4) is 0 Å². The molecule has 0 bridgehead atoms. The molecule has 0 radical (unpaired) electrons. The van der Waals surface area contributed by atoms with Crippen LogP contribution in [0.15, 0.2) is 42.5 Å². The zero-order valence-electron chi connectivity index (χ0n) is 17.6. The van der Waals surface area contributed by atoms with Crippen molar-refractivity contribution in [3.63, 3.8) is 0 Å². The highest BCUT2D eigenvalue weighted by Gasteiger charge is 2.14. The Labute approximate surface area is 184 Å². The average molecular weight is 441 g/mol. The molecule has 0 aliphatic heterocycles. The Bertz CT molecular complexity index is 1050. The van der Waals surface area contributed by atoms with Crippen LogP contribution < -0.4 is 20.1 Å². The number of aromatic nitrogens is 2. The van der Waals surface area contributed by atoms with Crippen LogP contribution in [0.4, 0.5) is 5.69 Å². The van der Waals surface area contributed by atoms with Crippen molar-refractivity contribution in [2.75, 3.05) is 19.5 Å². The van der Waals surface area contributed by atoms with Gasteiger partial charge >= 0.3 is 0 Å². The molecule has 0 spiro atoms. The molecule has 2 amide bonds. The number of benzene rings is 2. The molecule has 1 heterocycles. The van der Waals surface area contributed by atoms with Gasteiger partial charge in [0.05, 0.1) is 14.2 Å². The van der Waals surface area contributed by atoms with E-state index < -0.39 is 0 Å². The van der Waals surface area contributed by atoms with Crippen molar-refractivity contribution in [1.82, 2.24) is 15.5 Å². The number of hydrogen-bond acceptors (Lipinski definition) is 7. The Hall–Kier alpha value is -3.46. The predicted molar refractivity (Wildman–Crippen MR) is 119 cm³/mol. The van der Waals surface area contributed by atoms with Crippen LogP contribution in [0.5, 0.6) is 11.5 Å². The highest BCUT2D eigenvalue weighted by atomic mass is 32.1. The van der Waals surface area contributed by atoms with Crippen LogP contribution >= 0.6 is 11.3 Å². The summed E-state index contributed by atoms with van der Waals surface area (Å²) in [6, 6.07) is 12.9. The molecular weight excluding hydrogens is 416 g/mol. The minimum absolute atomic E-state index is 0.126. The van der Waals surface area contributed by atoms with E-state index in [9.17, 15) is 9.59 Å². The lowest BCUT2D eigenvalue weighted by molar-refractivity contribution is -0.121. The monoisotopic (exact) mass is 440 g/mol. The molecule has 0 saturated heterocycles. The van der Waals surface area contributed by atoms with E-state index in [0.29, 0.717) is 35.2 Å². The number of carbonyl (C=O) groups excluding carboxylic acids is 2. The molecule has 0 aliphatic carbocycles. The minimum Gasteiger partial charge on any atom is -0.497 e. The van der Waals surface area contributed by atoms with Crippen molar-refractivity contribution in [3.05, 3.63) is 63.6 Å². The maximum absolute atomic E-state index is 12.3. The molecule has 3 rings (SSSR count). The van der Waals surface area contributed by atoms with Crippen molar-refractivity contribution in [2.45, 2.75) is 26.3 Å². The first-order valence-electron chi connectivity index (χ1n) is 9.66. The van der Waals surface area contributed by atoms with Gasteiger partial charge in [-0.2, -0.15) is 0 Å². The predicted octanol–water partition coefficient (Wildman–Crippen LogP) is 3.37. The van der Waals surface area contributed by atoms with Crippen LogP contribution in [0.2, 0.25) is 0 Å². The highest BCUT2D eigenvalue weighted by Crippen LogP contribution is 2.24. The van der Waals surface area contributed by atoms with Crippen LogP contribution in [0.25, 0.3) is 0 Å². The lowest BCUT2D eigenvalue weighted by Gasteiger charge is -2.11. The number of rotatable bonds is 9. The average Bonchev–Trinajstić information content (AvgIpc) is 3.27. The molecule has 2 aromatic carbocycles. The molecule has 0 unspecified atom stereocenters. The standard InChI is InChI=1S/C22H24N4O4S/c1-14-4-7-16(8-5-14)24-21(28)22-26-25-20(31-22)11-10-19(27)23-13-15-6-9-17(29-2)12-18(15)30-3/h4-9,12H,10-11,13H2,1-3H3,(H,23,27)(H,24,28). The summed E-state index contributed by atoms with van der Waals surface area (Å²) in [6.07, 6.45) is 0.647. The van der Waals surface area contributed by atoms with Crippen LogP contribution in [0.1, 0.15) is 32.4 Å². The van der Waals surface area contributed by atoms with E-state index in [2.05, 4.69) is 20.8 Å². The number of carbonyl (C=O) groups is 2. The van der Waals surface area contributed by atoms with E-state index in [1.807, 2.05) is 43.3 Å². The zero-order chi connectivity index (χ0) is 22.2. The number of amides is 2. The molecule has 8 nitrogen and oxygen atoms in total. The van der Waals surface area contributed by atoms with Crippen LogP contribution in [-0.4, -0.2) is 36.2 Å². The maximum atomic E-state index is 12.3. The van der Waals surface area contributed by atoms with Gasteiger partial charge in [0.15, 0.2) is 0 Å². The lowest BCUT2D eigenvalue weighted by Crippen LogP contribution is -2.23. The molecule has 3 aromatic rings. The zero-order valence-corrected chi connectivity index (χ0v) is 18.4. The van der Waals surface area contributed by atoms with Crippen molar-refractivity contribution in [1.29, 1.82) is 0 Å². The molecule has 0 fully saturated rings. The molecule has 1 aromatic heterocycles. The molecule has 162 valence electrons. The Morgan fingerprint density at radius 2 is 1.81 bits per heavy atom. The summed E-state index contributed by atoms with van der Waals surface area (Å²) in [5.74, 6) is 0.890. The highest BCUT2D eigenvalue weighted by molar-refractivity contribution is 7.13. The number of nitrogens with one attached hydrogen (secondary N) is 2. The summed E-state index contributed by atoms with van der Waals surface area (Å²) in [4.78, 5) is 24.5. The number of aryl methyl sites for hydroxylation is 2. The van der Waals surface area contributed by atoms with E-state index in [4.69, 9.17) is 9.47 Å². The third-order valence-corrected chi connectivity index (χ3v) is 5.49. The Kier molecular flexibility index (Phi) is 7.55. The summed E-state index contributed by atoms with van der Waals surface area (Å²) in [7, 11) is 3.16. The second-order valence-corrected chi connectivity index (χ2v) is 7.84. The minimum atomic E-state index is -0.316. The molecule has 0 atom stereocenters. The van der Waals surface area contributed by atoms with E-state index in [1.165, 1.54) is 11.3 Å². The van der Waals surface area contributed by atoms with Gasteiger partial charge in [-0.05, 0) is 31.2 Å². The number of methoxy groups -OCH3 is 2. The van der Waals surface area contributed by atoms with Crippen LogP contribution in [0, 0.1) is 6.92 Å². The van der Waals surface area contributed by atoms with E-state index in [1.54, 1.807) is 20.3 Å². The first-order chi connectivity index (χ1) is 15.0. The summed E-state index contributed by atoms with van der Waals surface area (Å²) in [5, 5.41) is 14.5. The number of nitrogens with zero attached hydrogens (tertiary/aromatic N) is 2. The topological polar surface area (TPSA) is 102 Å². The smallest absolute Gasteiger partial charge is 0.286 e. The molecule has 2 N–H and O–H groups in total. The first-order valence-corrected chi connectivity index (χ1v) is 10.5. The van der Waals surface area contributed by atoms with Gasteiger partial charge in [0.25, 0.3) is 5.91 Å². The maximum Gasteiger partial charge on any atom is 0.286 e. The fraction of sp³-hybridized carbons (Fsp3) is 0.273. The van der Waals surface area contributed by atoms with E-state index in [0.717, 1.165) is 11.1 Å². The van der Waals surface area contributed by atoms with Gasteiger partial charge in [0, 0.05) is 36.7 Å².